The highest BCUT2D eigenvalue weighted by Crippen LogP contribution is 2.32. The zero-order chi connectivity index (χ0) is 18.7. The number of nitrogens with zero attached hydrogens (tertiary/aromatic N) is 1. The zero-order valence-electron chi connectivity index (χ0n) is 15.0. The first-order chi connectivity index (χ1) is 12.5. The summed E-state index contributed by atoms with van der Waals surface area (Å²) in [6.07, 6.45) is 1.22. The molecule has 1 heterocycles. The van der Waals surface area contributed by atoms with Gasteiger partial charge >= 0.3 is 0 Å². The quantitative estimate of drug-likeness (QED) is 0.794. The molecule has 0 saturated carbocycles. The molecule has 0 radical (unpaired) electrons. The lowest BCUT2D eigenvalue weighted by Crippen LogP contribution is -2.42. The highest BCUT2D eigenvalue weighted by atomic mass is 79.9. The van der Waals surface area contributed by atoms with E-state index in [0.29, 0.717) is 13.0 Å². The van der Waals surface area contributed by atoms with Gasteiger partial charge in [0.15, 0.2) is 0 Å². The third-order valence-corrected chi connectivity index (χ3v) is 4.98. The molecule has 4 nitrogen and oxygen atoms in total. The molecular formula is C21H23BrN2O2. The number of hydrogen-bond donors (Lipinski definition) is 1. The molecule has 1 atom stereocenters. The van der Waals surface area contributed by atoms with Crippen LogP contribution in [0.2, 0.25) is 0 Å². The minimum Gasteiger partial charge on any atom is -0.341 e. The van der Waals surface area contributed by atoms with Crippen LogP contribution < -0.4 is 10.2 Å². The van der Waals surface area contributed by atoms with E-state index in [9.17, 15) is 9.59 Å². The van der Waals surface area contributed by atoms with Gasteiger partial charge < -0.3 is 10.2 Å². The largest absolute Gasteiger partial charge is 0.341 e. The molecule has 1 aliphatic heterocycles. The standard InChI is InChI=1S/C21H23BrN2O2/c1-14(2)12-19(25)23-20(15-6-4-3-5-7-15)21(26)24-11-10-16-13-17(22)8-9-18(16)24/h3-9,13-14,20H,10-12H2,1-2H3,(H,23,25). The van der Waals surface area contributed by atoms with E-state index in [1.165, 1.54) is 0 Å². The lowest BCUT2D eigenvalue weighted by molar-refractivity contribution is -0.128. The predicted octanol–water partition coefficient (Wildman–Crippen LogP) is 4.24. The first-order valence-electron chi connectivity index (χ1n) is 8.90. The van der Waals surface area contributed by atoms with Crippen LogP contribution in [-0.2, 0) is 16.0 Å². The van der Waals surface area contributed by atoms with Crippen LogP contribution in [0.4, 0.5) is 5.69 Å². The van der Waals surface area contributed by atoms with Crippen LogP contribution in [0.1, 0.15) is 37.4 Å². The summed E-state index contributed by atoms with van der Waals surface area (Å²) in [7, 11) is 0. The van der Waals surface area contributed by atoms with Crippen molar-refractivity contribution in [1.29, 1.82) is 0 Å². The first kappa shape index (κ1) is 18.6. The highest BCUT2D eigenvalue weighted by molar-refractivity contribution is 9.10. The molecule has 26 heavy (non-hydrogen) atoms. The average molecular weight is 415 g/mol. The Balaban J connectivity index is 1.88. The van der Waals surface area contributed by atoms with E-state index < -0.39 is 6.04 Å². The Morgan fingerprint density at radius 3 is 2.58 bits per heavy atom. The van der Waals surface area contributed by atoms with Gasteiger partial charge in [0.25, 0.3) is 5.91 Å². The van der Waals surface area contributed by atoms with E-state index in [-0.39, 0.29) is 17.7 Å². The highest BCUT2D eigenvalue weighted by Gasteiger charge is 2.32. The molecule has 0 aromatic heterocycles. The van der Waals surface area contributed by atoms with Crippen LogP contribution in [0.25, 0.3) is 0 Å². The minimum atomic E-state index is -0.669. The smallest absolute Gasteiger partial charge is 0.254 e. The van der Waals surface area contributed by atoms with Crippen LogP contribution in [-0.4, -0.2) is 18.4 Å². The molecule has 0 fully saturated rings. The van der Waals surface area contributed by atoms with Gasteiger partial charge in [0, 0.05) is 23.1 Å². The van der Waals surface area contributed by atoms with Crippen molar-refractivity contribution in [3.63, 3.8) is 0 Å². The number of hydrogen-bond acceptors (Lipinski definition) is 2. The number of fused-ring (bicyclic) bond motifs is 1. The molecule has 5 heteroatoms. The number of carbonyl (C=O) groups excluding carboxylic acids is 2. The molecule has 2 amide bonds. The van der Waals surface area contributed by atoms with E-state index in [1.54, 1.807) is 4.90 Å². The molecule has 1 N–H and O–H groups in total. The van der Waals surface area contributed by atoms with E-state index in [2.05, 4.69) is 27.3 Å². The second-order valence-corrected chi connectivity index (χ2v) is 7.94. The van der Waals surface area contributed by atoms with Crippen molar-refractivity contribution in [3.05, 3.63) is 64.1 Å². The predicted molar refractivity (Wildman–Crippen MR) is 107 cm³/mol. The monoisotopic (exact) mass is 414 g/mol. The fourth-order valence-corrected chi connectivity index (χ4v) is 3.69. The Hall–Kier alpha value is -2.14. The minimum absolute atomic E-state index is 0.0885. The zero-order valence-corrected chi connectivity index (χ0v) is 16.6. The molecule has 0 aliphatic carbocycles. The van der Waals surface area contributed by atoms with E-state index >= 15 is 0 Å². The molecule has 3 rings (SSSR count). The molecule has 2 aromatic carbocycles. The summed E-state index contributed by atoms with van der Waals surface area (Å²) >= 11 is 3.48. The number of amides is 2. The maximum Gasteiger partial charge on any atom is 0.254 e. The number of carbonyl (C=O) groups is 2. The van der Waals surface area contributed by atoms with E-state index in [0.717, 1.165) is 27.7 Å². The second-order valence-electron chi connectivity index (χ2n) is 7.02. The molecule has 0 spiro atoms. The summed E-state index contributed by atoms with van der Waals surface area (Å²) in [5.74, 6) is 0.0539. The summed E-state index contributed by atoms with van der Waals surface area (Å²) in [5, 5.41) is 2.94. The van der Waals surface area contributed by atoms with Gasteiger partial charge in [-0.1, -0.05) is 60.1 Å². The lowest BCUT2D eigenvalue weighted by atomic mass is 10.0. The van der Waals surface area contributed by atoms with Gasteiger partial charge in [-0.2, -0.15) is 0 Å². The average Bonchev–Trinajstić information content (AvgIpc) is 3.02. The van der Waals surface area contributed by atoms with Crippen molar-refractivity contribution in [2.45, 2.75) is 32.7 Å². The number of anilines is 1. The Morgan fingerprint density at radius 2 is 1.88 bits per heavy atom. The first-order valence-corrected chi connectivity index (χ1v) is 9.69. The fraction of sp³-hybridized carbons (Fsp3) is 0.333. The van der Waals surface area contributed by atoms with Gasteiger partial charge in [-0.25, -0.2) is 0 Å². The Labute approximate surface area is 162 Å². The van der Waals surface area contributed by atoms with Crippen molar-refractivity contribution < 1.29 is 9.59 Å². The molecule has 1 aliphatic rings. The second kappa shape index (κ2) is 8.04. The maximum atomic E-state index is 13.3. The number of benzene rings is 2. The third kappa shape index (κ3) is 4.15. The number of rotatable bonds is 5. The van der Waals surface area contributed by atoms with E-state index in [1.807, 2.05) is 56.3 Å². The van der Waals surface area contributed by atoms with Gasteiger partial charge in [0.05, 0.1) is 0 Å². The Bertz CT molecular complexity index is 805. The molecule has 1 unspecified atom stereocenters. The van der Waals surface area contributed by atoms with Crippen molar-refractivity contribution in [1.82, 2.24) is 5.32 Å². The number of halogens is 1. The van der Waals surface area contributed by atoms with Crippen molar-refractivity contribution >= 4 is 33.4 Å². The SMILES string of the molecule is CC(C)CC(=O)NC(C(=O)N1CCc2cc(Br)ccc21)c1ccccc1. The van der Waals surface area contributed by atoms with Crippen LogP contribution >= 0.6 is 15.9 Å². The molecule has 136 valence electrons. The Kier molecular flexibility index (Phi) is 5.77. The van der Waals surface area contributed by atoms with Crippen molar-refractivity contribution in [3.8, 4) is 0 Å². The van der Waals surface area contributed by atoms with Gasteiger partial charge in [0.2, 0.25) is 5.91 Å². The third-order valence-electron chi connectivity index (χ3n) is 4.48. The van der Waals surface area contributed by atoms with Gasteiger partial charge in [-0.15, -0.1) is 0 Å². The number of nitrogens with one attached hydrogen (secondary N) is 1. The molecular weight excluding hydrogens is 392 g/mol. The fourth-order valence-electron chi connectivity index (χ4n) is 3.28. The lowest BCUT2D eigenvalue weighted by Gasteiger charge is -2.25. The van der Waals surface area contributed by atoms with Gasteiger partial charge in [-0.05, 0) is 41.7 Å². The van der Waals surface area contributed by atoms with Gasteiger partial charge in [-0.3, -0.25) is 9.59 Å². The van der Waals surface area contributed by atoms with Crippen molar-refractivity contribution in [2.75, 3.05) is 11.4 Å². The van der Waals surface area contributed by atoms with Crippen LogP contribution in [0.3, 0.4) is 0 Å². The summed E-state index contributed by atoms with van der Waals surface area (Å²) in [6.45, 7) is 4.62. The summed E-state index contributed by atoms with van der Waals surface area (Å²) in [5.41, 5.74) is 2.88. The van der Waals surface area contributed by atoms with Gasteiger partial charge in [0.1, 0.15) is 6.04 Å². The van der Waals surface area contributed by atoms with Crippen molar-refractivity contribution in [2.24, 2.45) is 5.92 Å². The van der Waals surface area contributed by atoms with Crippen LogP contribution in [0.5, 0.6) is 0 Å². The van der Waals surface area contributed by atoms with Crippen LogP contribution in [0.15, 0.2) is 53.0 Å². The molecule has 0 bridgehead atoms. The Morgan fingerprint density at radius 1 is 1.15 bits per heavy atom. The van der Waals surface area contributed by atoms with E-state index in [4.69, 9.17) is 0 Å². The molecule has 0 saturated heterocycles. The summed E-state index contributed by atoms with van der Waals surface area (Å²) in [6, 6.07) is 14.7. The normalized spacial score (nSPS) is 14.2. The summed E-state index contributed by atoms with van der Waals surface area (Å²) in [4.78, 5) is 27.5. The summed E-state index contributed by atoms with van der Waals surface area (Å²) < 4.78 is 1.01. The van der Waals surface area contributed by atoms with Crippen LogP contribution in [0, 0.1) is 5.92 Å². The maximum absolute atomic E-state index is 13.3. The topological polar surface area (TPSA) is 49.4 Å². The molecule has 2 aromatic rings.